The Bertz CT molecular complexity index is 866. The second kappa shape index (κ2) is 9.14. The molecular formula is C20H23ClN4O3. The maximum absolute atomic E-state index is 12.3. The minimum absolute atomic E-state index is 0.164. The first kappa shape index (κ1) is 20.3. The van der Waals surface area contributed by atoms with E-state index in [-0.39, 0.29) is 28.8 Å². The zero-order valence-electron chi connectivity index (χ0n) is 15.7. The number of nitro groups is 1. The van der Waals surface area contributed by atoms with Gasteiger partial charge in [0.1, 0.15) is 5.69 Å². The Morgan fingerprint density at radius 1 is 1.14 bits per heavy atom. The molecule has 148 valence electrons. The molecule has 0 saturated carbocycles. The molecule has 28 heavy (non-hydrogen) atoms. The summed E-state index contributed by atoms with van der Waals surface area (Å²) in [4.78, 5) is 27.4. The summed E-state index contributed by atoms with van der Waals surface area (Å²) in [7, 11) is 0. The van der Waals surface area contributed by atoms with Gasteiger partial charge in [-0.25, -0.2) is 0 Å². The molecule has 0 unspecified atom stereocenters. The molecule has 1 fully saturated rings. The molecule has 3 rings (SSSR count). The number of carbonyl (C=O) groups is 1. The molecule has 0 bridgehead atoms. The van der Waals surface area contributed by atoms with Crippen molar-refractivity contribution in [3.8, 4) is 0 Å². The highest BCUT2D eigenvalue weighted by Gasteiger charge is 2.21. The van der Waals surface area contributed by atoms with Gasteiger partial charge in [-0.1, -0.05) is 35.9 Å². The van der Waals surface area contributed by atoms with Gasteiger partial charge in [0.25, 0.3) is 5.69 Å². The van der Waals surface area contributed by atoms with Crippen molar-refractivity contribution >= 4 is 28.9 Å². The van der Waals surface area contributed by atoms with Gasteiger partial charge >= 0.3 is 0 Å². The lowest BCUT2D eigenvalue weighted by atomic mass is 10.1. The van der Waals surface area contributed by atoms with Crippen LogP contribution in [0.2, 0.25) is 5.02 Å². The number of piperazine rings is 1. The molecule has 0 aromatic heterocycles. The van der Waals surface area contributed by atoms with E-state index in [0.29, 0.717) is 0 Å². The highest BCUT2D eigenvalue weighted by Crippen LogP contribution is 2.27. The van der Waals surface area contributed by atoms with Gasteiger partial charge < -0.3 is 5.32 Å². The molecule has 0 atom stereocenters. The predicted molar refractivity (Wildman–Crippen MR) is 110 cm³/mol. The SMILES string of the molecule is Cc1ccccc1CN1CCN(CC(=O)Nc2ccc(Cl)cc2[N+](=O)[O-])CC1. The second-order valence-corrected chi connectivity index (χ2v) is 7.38. The molecule has 1 aliphatic heterocycles. The molecule has 2 aromatic carbocycles. The molecular weight excluding hydrogens is 380 g/mol. The fourth-order valence-corrected chi connectivity index (χ4v) is 3.45. The summed E-state index contributed by atoms with van der Waals surface area (Å²) in [5.74, 6) is -0.266. The zero-order chi connectivity index (χ0) is 20.1. The molecule has 1 heterocycles. The summed E-state index contributed by atoms with van der Waals surface area (Å²) in [6, 6.07) is 12.6. The van der Waals surface area contributed by atoms with Crippen LogP contribution >= 0.6 is 11.6 Å². The molecule has 1 aliphatic rings. The van der Waals surface area contributed by atoms with Crippen LogP contribution in [0.4, 0.5) is 11.4 Å². The normalized spacial score (nSPS) is 15.4. The van der Waals surface area contributed by atoms with Gasteiger partial charge in [-0.2, -0.15) is 0 Å². The van der Waals surface area contributed by atoms with Crippen LogP contribution in [0.1, 0.15) is 11.1 Å². The molecule has 2 aromatic rings. The monoisotopic (exact) mass is 402 g/mol. The fourth-order valence-electron chi connectivity index (χ4n) is 3.29. The van der Waals surface area contributed by atoms with Crippen LogP contribution in [0.3, 0.4) is 0 Å². The molecule has 1 saturated heterocycles. The van der Waals surface area contributed by atoms with Gasteiger partial charge in [0.15, 0.2) is 0 Å². The number of hydrogen-bond acceptors (Lipinski definition) is 5. The molecule has 7 nitrogen and oxygen atoms in total. The number of carbonyl (C=O) groups excluding carboxylic acids is 1. The largest absolute Gasteiger partial charge is 0.319 e. The lowest BCUT2D eigenvalue weighted by Gasteiger charge is -2.34. The van der Waals surface area contributed by atoms with E-state index in [1.54, 1.807) is 0 Å². The first-order valence-electron chi connectivity index (χ1n) is 9.15. The van der Waals surface area contributed by atoms with E-state index in [9.17, 15) is 14.9 Å². The van der Waals surface area contributed by atoms with Crippen molar-refractivity contribution in [2.75, 3.05) is 38.0 Å². The first-order chi connectivity index (χ1) is 13.4. The van der Waals surface area contributed by atoms with E-state index in [0.717, 1.165) is 32.7 Å². The Morgan fingerprint density at radius 2 is 1.82 bits per heavy atom. The molecule has 1 amide bonds. The summed E-state index contributed by atoms with van der Waals surface area (Å²) in [5.41, 5.74) is 2.57. The third-order valence-corrected chi connectivity index (χ3v) is 5.15. The van der Waals surface area contributed by atoms with Crippen LogP contribution < -0.4 is 5.32 Å². The number of amides is 1. The number of benzene rings is 2. The van der Waals surface area contributed by atoms with Gasteiger partial charge in [0.05, 0.1) is 11.5 Å². The maximum Gasteiger partial charge on any atom is 0.294 e. The number of nitrogens with zero attached hydrogens (tertiary/aromatic N) is 3. The molecule has 8 heteroatoms. The van der Waals surface area contributed by atoms with E-state index >= 15 is 0 Å². The average Bonchev–Trinajstić information content (AvgIpc) is 2.66. The number of aryl methyl sites for hydroxylation is 1. The van der Waals surface area contributed by atoms with Gasteiger partial charge in [-0.05, 0) is 30.2 Å². The van der Waals surface area contributed by atoms with E-state index in [1.807, 2.05) is 6.07 Å². The summed E-state index contributed by atoms with van der Waals surface area (Å²) < 4.78 is 0. The van der Waals surface area contributed by atoms with Crippen LogP contribution in [0.5, 0.6) is 0 Å². The van der Waals surface area contributed by atoms with Crippen molar-refractivity contribution in [2.24, 2.45) is 0 Å². The quantitative estimate of drug-likeness (QED) is 0.592. The maximum atomic E-state index is 12.3. The van der Waals surface area contributed by atoms with E-state index in [2.05, 4.69) is 40.2 Å². The van der Waals surface area contributed by atoms with Crippen molar-refractivity contribution in [1.82, 2.24) is 9.80 Å². The van der Waals surface area contributed by atoms with Gasteiger partial charge in [-0.3, -0.25) is 24.7 Å². The van der Waals surface area contributed by atoms with Crippen LogP contribution in [-0.2, 0) is 11.3 Å². The van der Waals surface area contributed by atoms with Crippen molar-refractivity contribution in [3.63, 3.8) is 0 Å². The van der Waals surface area contributed by atoms with E-state index < -0.39 is 4.92 Å². The summed E-state index contributed by atoms with van der Waals surface area (Å²) in [6.07, 6.45) is 0. The minimum atomic E-state index is -0.550. The lowest BCUT2D eigenvalue weighted by molar-refractivity contribution is -0.383. The molecule has 0 spiro atoms. The minimum Gasteiger partial charge on any atom is -0.319 e. The Balaban J connectivity index is 1.50. The van der Waals surface area contributed by atoms with Gasteiger partial charge in [0.2, 0.25) is 5.91 Å². The molecule has 0 aliphatic carbocycles. The Labute approximate surface area is 169 Å². The Hall–Kier alpha value is -2.48. The lowest BCUT2D eigenvalue weighted by Crippen LogP contribution is -2.48. The number of rotatable bonds is 6. The third kappa shape index (κ3) is 5.28. The first-order valence-corrected chi connectivity index (χ1v) is 9.53. The summed E-state index contributed by atoms with van der Waals surface area (Å²) in [6.45, 7) is 6.54. The number of nitro benzene ring substituents is 1. The summed E-state index contributed by atoms with van der Waals surface area (Å²) >= 11 is 5.80. The van der Waals surface area contributed by atoms with E-state index in [4.69, 9.17) is 11.6 Å². The second-order valence-electron chi connectivity index (χ2n) is 6.95. The Morgan fingerprint density at radius 3 is 2.50 bits per heavy atom. The average molecular weight is 403 g/mol. The van der Waals surface area contributed by atoms with Crippen LogP contribution in [0.15, 0.2) is 42.5 Å². The topological polar surface area (TPSA) is 78.7 Å². The summed E-state index contributed by atoms with van der Waals surface area (Å²) in [5, 5.41) is 14.0. The van der Waals surface area contributed by atoms with Gasteiger partial charge in [0, 0.05) is 43.8 Å². The Kier molecular flexibility index (Phi) is 6.61. The molecule has 0 radical (unpaired) electrons. The highest BCUT2D eigenvalue weighted by molar-refractivity contribution is 6.31. The van der Waals surface area contributed by atoms with Crippen molar-refractivity contribution < 1.29 is 9.72 Å². The number of anilines is 1. The number of halogens is 1. The predicted octanol–water partition coefficient (Wildman–Crippen LogP) is 3.31. The standard InChI is InChI=1S/C20H23ClN4O3/c1-15-4-2-3-5-16(15)13-23-8-10-24(11-9-23)14-20(26)22-18-7-6-17(21)12-19(18)25(27)28/h2-7,12H,8-11,13-14H2,1H3,(H,22,26). The van der Waals surface area contributed by atoms with Crippen LogP contribution in [-0.4, -0.2) is 53.4 Å². The van der Waals surface area contributed by atoms with Gasteiger partial charge in [-0.15, -0.1) is 0 Å². The smallest absolute Gasteiger partial charge is 0.294 e. The van der Waals surface area contributed by atoms with Crippen molar-refractivity contribution in [1.29, 1.82) is 0 Å². The van der Waals surface area contributed by atoms with Crippen LogP contribution in [0, 0.1) is 17.0 Å². The zero-order valence-corrected chi connectivity index (χ0v) is 16.5. The highest BCUT2D eigenvalue weighted by atomic mass is 35.5. The molecule has 1 N–H and O–H groups in total. The number of hydrogen-bond donors (Lipinski definition) is 1. The van der Waals surface area contributed by atoms with Crippen LogP contribution in [0.25, 0.3) is 0 Å². The number of nitrogens with one attached hydrogen (secondary N) is 1. The van der Waals surface area contributed by atoms with Crippen molar-refractivity contribution in [2.45, 2.75) is 13.5 Å². The van der Waals surface area contributed by atoms with E-state index in [1.165, 1.54) is 29.3 Å². The third-order valence-electron chi connectivity index (χ3n) is 4.92. The fraction of sp³-hybridized carbons (Fsp3) is 0.350. The van der Waals surface area contributed by atoms with Crippen molar-refractivity contribution in [3.05, 3.63) is 68.7 Å².